The highest BCUT2D eigenvalue weighted by molar-refractivity contribution is 5.92. The van der Waals surface area contributed by atoms with Gasteiger partial charge in [-0.05, 0) is 12.5 Å². The van der Waals surface area contributed by atoms with Crippen molar-refractivity contribution < 1.29 is 24.6 Å². The van der Waals surface area contributed by atoms with Crippen molar-refractivity contribution in [1.29, 1.82) is 0 Å². The molecule has 0 unspecified atom stereocenters. The van der Waals surface area contributed by atoms with Gasteiger partial charge in [-0.15, -0.1) is 0 Å². The molecule has 0 aliphatic heterocycles. The molecule has 112 valence electrons. The van der Waals surface area contributed by atoms with Gasteiger partial charge in [-0.3, -0.25) is 14.4 Å². The van der Waals surface area contributed by atoms with Gasteiger partial charge < -0.3 is 10.2 Å². The molecule has 1 saturated carbocycles. The summed E-state index contributed by atoms with van der Waals surface area (Å²) < 4.78 is 0. The Morgan fingerprint density at radius 1 is 1.35 bits per heavy atom. The molecule has 1 rings (SSSR count). The van der Waals surface area contributed by atoms with Crippen LogP contribution in [0.15, 0.2) is 12.2 Å². The second-order valence-electron chi connectivity index (χ2n) is 5.31. The summed E-state index contributed by atoms with van der Waals surface area (Å²) in [6, 6.07) is 0. The molecule has 5 nitrogen and oxygen atoms in total. The average Bonchev–Trinajstić information content (AvgIpc) is 2.62. The summed E-state index contributed by atoms with van der Waals surface area (Å²) in [5, 5.41) is 18.5. The number of aliphatic hydroxyl groups excluding tert-OH is 1. The van der Waals surface area contributed by atoms with Crippen molar-refractivity contribution in [2.45, 2.75) is 51.6 Å². The Bertz CT molecular complexity index is 399. The van der Waals surface area contributed by atoms with E-state index >= 15 is 0 Å². The van der Waals surface area contributed by atoms with Crippen LogP contribution in [0.5, 0.6) is 0 Å². The third kappa shape index (κ3) is 4.89. The quantitative estimate of drug-likeness (QED) is 0.522. The molecule has 0 aromatic rings. The molecule has 0 saturated heterocycles. The van der Waals surface area contributed by atoms with Crippen molar-refractivity contribution >= 4 is 17.5 Å². The van der Waals surface area contributed by atoms with Crippen LogP contribution in [0.3, 0.4) is 0 Å². The maximum absolute atomic E-state index is 11.7. The van der Waals surface area contributed by atoms with Crippen molar-refractivity contribution in [3.8, 4) is 0 Å². The van der Waals surface area contributed by atoms with E-state index in [0.29, 0.717) is 6.42 Å². The molecule has 0 aromatic carbocycles. The fraction of sp³-hybridized carbons (Fsp3) is 0.667. The van der Waals surface area contributed by atoms with Crippen LogP contribution in [0.1, 0.15) is 45.4 Å². The summed E-state index contributed by atoms with van der Waals surface area (Å²) in [5.41, 5.74) is 0. The third-order valence-electron chi connectivity index (χ3n) is 3.66. The Kier molecular flexibility index (Phi) is 6.58. The molecule has 0 aromatic heterocycles. The molecular formula is C15H22O5. The summed E-state index contributed by atoms with van der Waals surface area (Å²) in [5.74, 6) is -2.57. The lowest BCUT2D eigenvalue weighted by Gasteiger charge is -2.15. The van der Waals surface area contributed by atoms with Gasteiger partial charge in [-0.1, -0.05) is 25.8 Å². The molecule has 0 radical (unpaired) electrons. The van der Waals surface area contributed by atoms with Crippen LogP contribution in [0, 0.1) is 11.8 Å². The zero-order chi connectivity index (χ0) is 15.1. The van der Waals surface area contributed by atoms with E-state index in [-0.39, 0.29) is 24.4 Å². The van der Waals surface area contributed by atoms with Gasteiger partial charge >= 0.3 is 5.97 Å². The average molecular weight is 282 g/mol. The smallest absolute Gasteiger partial charge is 0.303 e. The predicted octanol–water partition coefficient (Wildman–Crippen LogP) is 1.73. The highest BCUT2D eigenvalue weighted by atomic mass is 16.4. The SMILES string of the molecule is CCCCCC(=O)C=C[C@@H]1C(=O)C[C@@H](O)[C@H]1CC(=O)O. The van der Waals surface area contributed by atoms with Gasteiger partial charge in [0.2, 0.25) is 0 Å². The monoisotopic (exact) mass is 282 g/mol. The Labute approximate surface area is 118 Å². The molecule has 3 atom stereocenters. The van der Waals surface area contributed by atoms with Crippen LogP contribution >= 0.6 is 0 Å². The van der Waals surface area contributed by atoms with Gasteiger partial charge in [0.1, 0.15) is 5.78 Å². The molecular weight excluding hydrogens is 260 g/mol. The first-order chi connectivity index (χ1) is 9.45. The number of carbonyl (C=O) groups excluding carboxylic acids is 2. The van der Waals surface area contributed by atoms with Gasteiger partial charge in [0, 0.05) is 24.7 Å². The standard InChI is InChI=1S/C15H22O5/c1-2-3-4-5-10(16)6-7-11-12(8-15(19)20)14(18)9-13(11)17/h6-7,11-12,14,18H,2-5,8-9H2,1H3,(H,19,20)/t11-,12-,14+/m0/s1. The lowest BCUT2D eigenvalue weighted by Crippen LogP contribution is -2.22. The molecule has 0 heterocycles. The zero-order valence-electron chi connectivity index (χ0n) is 11.7. The number of ketones is 2. The minimum Gasteiger partial charge on any atom is -0.481 e. The van der Waals surface area contributed by atoms with E-state index in [1.54, 1.807) is 0 Å². The number of unbranched alkanes of at least 4 members (excludes halogenated alkanes) is 2. The molecule has 5 heteroatoms. The Morgan fingerprint density at radius 3 is 2.65 bits per heavy atom. The first kappa shape index (κ1) is 16.6. The number of carboxylic acids is 1. The van der Waals surface area contributed by atoms with Crippen LogP contribution in [0.25, 0.3) is 0 Å². The summed E-state index contributed by atoms with van der Waals surface area (Å²) in [4.78, 5) is 34.1. The van der Waals surface area contributed by atoms with Gasteiger partial charge in [0.25, 0.3) is 0 Å². The second-order valence-corrected chi connectivity index (χ2v) is 5.31. The van der Waals surface area contributed by atoms with E-state index in [9.17, 15) is 19.5 Å². The number of Topliss-reactive ketones (excluding diaryl/α,β-unsaturated/α-hetero) is 1. The fourth-order valence-electron chi connectivity index (χ4n) is 2.53. The number of rotatable bonds is 8. The summed E-state index contributed by atoms with van der Waals surface area (Å²) in [6.45, 7) is 2.05. The van der Waals surface area contributed by atoms with Crippen molar-refractivity contribution in [2.75, 3.05) is 0 Å². The van der Waals surface area contributed by atoms with Crippen molar-refractivity contribution in [3.05, 3.63) is 12.2 Å². The molecule has 0 amide bonds. The number of aliphatic carboxylic acids is 1. The van der Waals surface area contributed by atoms with Crippen LogP contribution in [-0.2, 0) is 14.4 Å². The van der Waals surface area contributed by atoms with Gasteiger partial charge in [-0.2, -0.15) is 0 Å². The fourth-order valence-corrected chi connectivity index (χ4v) is 2.53. The molecule has 0 spiro atoms. The Hall–Kier alpha value is -1.49. The van der Waals surface area contributed by atoms with Crippen LogP contribution in [0.2, 0.25) is 0 Å². The second kappa shape index (κ2) is 7.94. The van der Waals surface area contributed by atoms with E-state index in [0.717, 1.165) is 19.3 Å². The highest BCUT2D eigenvalue weighted by Crippen LogP contribution is 2.33. The molecule has 2 N–H and O–H groups in total. The number of hydrogen-bond acceptors (Lipinski definition) is 4. The number of carbonyl (C=O) groups is 3. The van der Waals surface area contributed by atoms with Crippen LogP contribution in [0.4, 0.5) is 0 Å². The van der Waals surface area contributed by atoms with Crippen molar-refractivity contribution in [2.24, 2.45) is 11.8 Å². The van der Waals surface area contributed by atoms with E-state index in [2.05, 4.69) is 6.92 Å². The van der Waals surface area contributed by atoms with Gasteiger partial charge in [-0.25, -0.2) is 0 Å². The topological polar surface area (TPSA) is 91.7 Å². The maximum Gasteiger partial charge on any atom is 0.303 e. The molecule has 1 aliphatic rings. The van der Waals surface area contributed by atoms with E-state index in [1.807, 2.05) is 0 Å². The first-order valence-electron chi connectivity index (χ1n) is 7.09. The zero-order valence-corrected chi connectivity index (χ0v) is 11.7. The summed E-state index contributed by atoms with van der Waals surface area (Å²) in [7, 11) is 0. The lowest BCUT2D eigenvalue weighted by molar-refractivity contribution is -0.139. The normalized spacial score (nSPS) is 26.3. The number of allylic oxidation sites excluding steroid dienone is 2. The largest absolute Gasteiger partial charge is 0.481 e. The highest BCUT2D eigenvalue weighted by Gasteiger charge is 2.41. The molecule has 1 fully saturated rings. The van der Waals surface area contributed by atoms with Gasteiger partial charge in [0.15, 0.2) is 5.78 Å². The van der Waals surface area contributed by atoms with E-state index < -0.39 is 23.9 Å². The first-order valence-corrected chi connectivity index (χ1v) is 7.09. The number of carboxylic acid groups (broad SMARTS) is 1. The Balaban J connectivity index is 2.60. The number of hydrogen-bond donors (Lipinski definition) is 2. The molecule has 1 aliphatic carbocycles. The minimum absolute atomic E-state index is 0.0308. The lowest BCUT2D eigenvalue weighted by atomic mass is 9.90. The molecule has 0 bridgehead atoms. The van der Waals surface area contributed by atoms with Crippen LogP contribution < -0.4 is 0 Å². The molecule has 20 heavy (non-hydrogen) atoms. The minimum atomic E-state index is -1.04. The predicted molar refractivity (Wildman–Crippen MR) is 73.2 cm³/mol. The van der Waals surface area contributed by atoms with Crippen molar-refractivity contribution in [3.63, 3.8) is 0 Å². The van der Waals surface area contributed by atoms with Gasteiger partial charge in [0.05, 0.1) is 12.5 Å². The van der Waals surface area contributed by atoms with Crippen molar-refractivity contribution in [1.82, 2.24) is 0 Å². The maximum atomic E-state index is 11.7. The Morgan fingerprint density at radius 2 is 2.05 bits per heavy atom. The number of aliphatic hydroxyl groups is 1. The van der Waals surface area contributed by atoms with E-state index in [4.69, 9.17) is 5.11 Å². The van der Waals surface area contributed by atoms with E-state index in [1.165, 1.54) is 12.2 Å². The third-order valence-corrected chi connectivity index (χ3v) is 3.66. The van der Waals surface area contributed by atoms with Crippen LogP contribution in [-0.4, -0.2) is 33.9 Å². The summed E-state index contributed by atoms with van der Waals surface area (Å²) in [6.07, 6.45) is 4.90. The summed E-state index contributed by atoms with van der Waals surface area (Å²) >= 11 is 0.